The van der Waals surface area contributed by atoms with E-state index in [0.29, 0.717) is 16.7 Å². The maximum absolute atomic E-state index is 6.40. The quantitative estimate of drug-likeness (QED) is 0.144. The number of hydrogen-bond acceptors (Lipinski definition) is 4. The Kier molecular flexibility index (Phi) is 15.6. The van der Waals surface area contributed by atoms with Crippen LogP contribution in [0.4, 0.5) is 0 Å². The topological polar surface area (TPSA) is 66.3 Å². The molecule has 19 aromatic rings. The normalized spacial score (nSPS) is 11.6. The number of aromatic nitrogens is 7. The maximum atomic E-state index is 6.40. The van der Waals surface area contributed by atoms with E-state index in [1.54, 1.807) is 0 Å². The highest BCUT2D eigenvalue weighted by Gasteiger charge is 2.24. The Bertz CT molecular complexity index is 6170. The lowest BCUT2D eigenvalue weighted by atomic mass is 10.0. The minimum atomic E-state index is 0.680. The average Bonchev–Trinajstić information content (AvgIpc) is 1.57. The van der Waals surface area contributed by atoms with Crippen LogP contribution in [0.5, 0.6) is 0 Å². The van der Waals surface area contributed by atoms with Crippen LogP contribution in [0.2, 0.25) is 5.02 Å². The summed E-state index contributed by atoms with van der Waals surface area (Å²) < 4.78 is 7.20. The van der Waals surface area contributed by atoms with Gasteiger partial charge in [-0.2, -0.15) is 0 Å². The van der Waals surface area contributed by atoms with Crippen molar-refractivity contribution in [2.45, 2.75) is 6.42 Å². The zero-order chi connectivity index (χ0) is 67.2. The number of halogens is 1. The summed E-state index contributed by atoms with van der Waals surface area (Å²) in [4.78, 5) is 19.8. The van der Waals surface area contributed by atoms with Crippen molar-refractivity contribution in [1.82, 2.24) is 33.6 Å². The molecule has 0 radical (unpaired) electrons. The van der Waals surface area contributed by atoms with Gasteiger partial charge in [0.05, 0.1) is 61.6 Å². The van der Waals surface area contributed by atoms with E-state index in [1.165, 1.54) is 82.3 Å². The van der Waals surface area contributed by atoms with Crippen LogP contribution in [0, 0.1) is 0 Å². The molecule has 0 aliphatic heterocycles. The van der Waals surface area contributed by atoms with Crippen LogP contribution >= 0.6 is 11.6 Å². The first-order valence-electron chi connectivity index (χ1n) is 34.1. The fraction of sp³-hybridized carbons (Fsp3) is 0.0108. The summed E-state index contributed by atoms with van der Waals surface area (Å²) in [6.07, 6.45) is 1.03. The molecular weight excluding hydrogens is 1250 g/mol. The minimum absolute atomic E-state index is 0.680. The van der Waals surface area contributed by atoms with Crippen LogP contribution in [-0.2, 0) is 6.42 Å². The first-order chi connectivity index (χ1) is 50.0. The van der Waals surface area contributed by atoms with Crippen molar-refractivity contribution in [3.8, 4) is 96.0 Å². The van der Waals surface area contributed by atoms with Crippen molar-refractivity contribution < 1.29 is 0 Å². The van der Waals surface area contributed by atoms with Gasteiger partial charge in [-0.3, -0.25) is 0 Å². The number of nitrogens with zero attached hydrogens (tertiary/aromatic N) is 7. The van der Waals surface area contributed by atoms with E-state index in [-0.39, 0.29) is 0 Å². The summed E-state index contributed by atoms with van der Waals surface area (Å²) in [6, 6.07) is 127. The lowest BCUT2D eigenvalue weighted by Crippen LogP contribution is -2.00. The van der Waals surface area contributed by atoms with E-state index < -0.39 is 0 Å². The van der Waals surface area contributed by atoms with Crippen molar-refractivity contribution in [3.05, 3.63) is 380 Å². The standard InChI is InChI=1S/C46H30N4.C25H17N.C22H15ClN2/c1-4-16-31(17-5-1)39-30-40(48-46(47-39)32-18-6-2-7-19-32)36-24-12-15-27-43(36)50-42-26-14-11-23-35(42)38-28-44-37(29-45(38)50)34-22-10-13-25-41(34)49(44)33-20-8-3-9-21-33;1-2-9-19(10-3-1)26-24-13-7-6-12-21(24)23-15-18-14-17-8-4-5-11-20(17)22(18)16-25(23)26;23-19-14-8-7-13-18(19)21-15-20(16-9-3-1-4-10-16)24-22(25-21)17-11-5-2-6-12-17/h1-30H;1-13,15-16H,14H2;1-15H. The van der Waals surface area contributed by atoms with Crippen LogP contribution in [-0.4, -0.2) is 33.6 Å². The van der Waals surface area contributed by atoms with Gasteiger partial charge in [-0.1, -0.05) is 285 Å². The summed E-state index contributed by atoms with van der Waals surface area (Å²) >= 11 is 6.40. The number of rotatable bonds is 9. The monoisotopic (exact) mass is 1310 g/mol. The SMILES string of the molecule is Clc1ccccc1-c1cc(-c2ccccc2)nc(-c2ccccc2)n1.c1ccc(-c2cc(-c3ccccc3-n3c4ccccc4c4cc5c(cc43)c3ccccc3n5-c3ccccc3)nc(-c3ccccc3)n2)cc1.c1ccc(-n2c3ccccc3c3cc4c(cc32)-c2ccccc2C4)cc1. The van der Waals surface area contributed by atoms with Gasteiger partial charge in [-0.05, 0) is 120 Å². The number of hydrogen-bond donors (Lipinski definition) is 0. The Balaban J connectivity index is 0.000000120. The van der Waals surface area contributed by atoms with Crippen molar-refractivity contribution in [1.29, 1.82) is 0 Å². The predicted octanol–water partition coefficient (Wildman–Crippen LogP) is 24.2. The van der Waals surface area contributed by atoms with Gasteiger partial charge in [-0.25, -0.2) is 19.9 Å². The highest BCUT2D eigenvalue weighted by molar-refractivity contribution is 6.33. The molecule has 7 nitrogen and oxygen atoms in total. The number of para-hydroxylation sites is 6. The van der Waals surface area contributed by atoms with Crippen molar-refractivity contribution >= 4 is 77.0 Å². The fourth-order valence-corrected chi connectivity index (χ4v) is 14.9. The molecule has 0 saturated carbocycles. The van der Waals surface area contributed by atoms with E-state index in [1.807, 2.05) is 115 Å². The van der Waals surface area contributed by atoms with Gasteiger partial charge in [0.1, 0.15) is 0 Å². The highest BCUT2D eigenvalue weighted by Crippen LogP contribution is 2.45. The van der Waals surface area contributed by atoms with E-state index in [2.05, 4.69) is 262 Å². The molecule has 1 aliphatic carbocycles. The van der Waals surface area contributed by atoms with Crippen molar-refractivity contribution in [3.63, 3.8) is 0 Å². The van der Waals surface area contributed by atoms with Crippen LogP contribution in [0.1, 0.15) is 11.1 Å². The fourth-order valence-electron chi connectivity index (χ4n) is 14.7. The third-order valence-electron chi connectivity index (χ3n) is 19.3. The average molecular weight is 1310 g/mol. The second-order valence-corrected chi connectivity index (χ2v) is 25.8. The molecule has 0 N–H and O–H groups in total. The number of benzene rings is 14. The summed E-state index contributed by atoms with van der Waals surface area (Å²) in [5, 5.41) is 8.22. The zero-order valence-corrected chi connectivity index (χ0v) is 55.6. The lowest BCUT2D eigenvalue weighted by molar-refractivity contribution is 1.15. The van der Waals surface area contributed by atoms with Gasteiger partial charge in [0.25, 0.3) is 0 Å². The summed E-state index contributed by atoms with van der Waals surface area (Å²) in [5.74, 6) is 1.39. The van der Waals surface area contributed by atoms with Crippen LogP contribution in [0.3, 0.4) is 0 Å². The molecule has 0 saturated heterocycles. The van der Waals surface area contributed by atoms with Crippen molar-refractivity contribution in [2.75, 3.05) is 0 Å². The largest absolute Gasteiger partial charge is 0.309 e. The molecule has 8 heteroatoms. The van der Waals surface area contributed by atoms with E-state index in [0.717, 1.165) is 85.0 Å². The lowest BCUT2D eigenvalue weighted by Gasteiger charge is -2.15. The predicted molar refractivity (Wildman–Crippen MR) is 419 cm³/mol. The van der Waals surface area contributed by atoms with Crippen LogP contribution < -0.4 is 0 Å². The molecule has 0 amide bonds. The molecule has 5 aromatic heterocycles. The Hall–Kier alpha value is -13.1. The molecule has 0 fully saturated rings. The second kappa shape index (κ2) is 26.1. The maximum Gasteiger partial charge on any atom is 0.160 e. The molecule has 0 atom stereocenters. The summed E-state index contributed by atoms with van der Waals surface area (Å²) in [6.45, 7) is 0. The first-order valence-corrected chi connectivity index (χ1v) is 34.5. The highest BCUT2D eigenvalue weighted by atomic mass is 35.5. The molecule has 1 aliphatic rings. The van der Waals surface area contributed by atoms with Gasteiger partial charge >= 0.3 is 0 Å². The second-order valence-electron chi connectivity index (χ2n) is 25.4. The molecule has 0 bridgehead atoms. The van der Waals surface area contributed by atoms with E-state index in [9.17, 15) is 0 Å². The van der Waals surface area contributed by atoms with E-state index in [4.69, 9.17) is 31.5 Å². The smallest absolute Gasteiger partial charge is 0.160 e. The molecule has 5 heterocycles. The molecule has 101 heavy (non-hydrogen) atoms. The molecule has 0 spiro atoms. The van der Waals surface area contributed by atoms with Gasteiger partial charge in [0, 0.05) is 82.1 Å². The van der Waals surface area contributed by atoms with Gasteiger partial charge in [-0.15, -0.1) is 0 Å². The first kappa shape index (κ1) is 60.3. The number of fused-ring (bicyclic) bond motifs is 12. The van der Waals surface area contributed by atoms with Gasteiger partial charge in [0.15, 0.2) is 11.6 Å². The Morgan fingerprint density at radius 3 is 1.09 bits per heavy atom. The third-order valence-corrected chi connectivity index (χ3v) is 19.6. The van der Waals surface area contributed by atoms with Crippen LogP contribution in [0.25, 0.3) is 161 Å². The summed E-state index contributed by atoms with van der Waals surface area (Å²) in [5.41, 5.74) is 25.8. The Labute approximate surface area is 589 Å². The molecule has 0 unspecified atom stereocenters. The van der Waals surface area contributed by atoms with E-state index >= 15 is 0 Å². The minimum Gasteiger partial charge on any atom is -0.309 e. The Morgan fingerprint density at radius 1 is 0.228 bits per heavy atom. The molecule has 476 valence electrons. The third kappa shape index (κ3) is 11.2. The molecule has 20 rings (SSSR count). The molecular formula is C93H62ClN7. The zero-order valence-electron chi connectivity index (χ0n) is 54.9. The molecule has 14 aromatic carbocycles. The van der Waals surface area contributed by atoms with Gasteiger partial charge < -0.3 is 13.7 Å². The summed E-state index contributed by atoms with van der Waals surface area (Å²) in [7, 11) is 0. The van der Waals surface area contributed by atoms with Crippen molar-refractivity contribution in [2.24, 2.45) is 0 Å². The Morgan fingerprint density at radius 2 is 0.584 bits per heavy atom. The van der Waals surface area contributed by atoms with Gasteiger partial charge in [0.2, 0.25) is 0 Å². The van der Waals surface area contributed by atoms with Crippen LogP contribution in [0.15, 0.2) is 364 Å².